The van der Waals surface area contributed by atoms with Crippen LogP contribution >= 0.6 is 11.3 Å². The van der Waals surface area contributed by atoms with E-state index in [0.717, 1.165) is 42.1 Å². The van der Waals surface area contributed by atoms with Gasteiger partial charge < -0.3 is 20.7 Å². The van der Waals surface area contributed by atoms with E-state index in [1.807, 2.05) is 26.0 Å². The van der Waals surface area contributed by atoms with Crippen molar-refractivity contribution in [3.8, 4) is 22.9 Å². The van der Waals surface area contributed by atoms with Crippen molar-refractivity contribution in [1.29, 1.82) is 5.26 Å². The molecular weight excluding hydrogens is 496 g/mol. The molecule has 0 bridgehead atoms. The Morgan fingerprint density at radius 2 is 2.03 bits per heavy atom. The normalized spacial score (nSPS) is 14.5. The summed E-state index contributed by atoms with van der Waals surface area (Å²) in [4.78, 5) is 24.3. The van der Waals surface area contributed by atoms with Crippen molar-refractivity contribution in [2.24, 2.45) is 5.73 Å². The number of nitrogens with two attached hydrogens (primary N) is 1. The van der Waals surface area contributed by atoms with Crippen molar-refractivity contribution in [3.63, 3.8) is 0 Å². The molecule has 194 valence electrons. The molecule has 0 saturated carbocycles. The first-order valence-corrected chi connectivity index (χ1v) is 13.5. The van der Waals surface area contributed by atoms with Gasteiger partial charge >= 0.3 is 0 Å². The van der Waals surface area contributed by atoms with Gasteiger partial charge in [-0.3, -0.25) is 4.79 Å². The SMILES string of the molecule is CC(C)Oc1cc(C2CCN(C)CC2)ccc1Nc1ncc2sc(C(N)=O)c(-c3cccc(C#N)c3)c2n1. The molecule has 0 spiro atoms. The Bertz CT molecular complexity index is 1530. The van der Waals surface area contributed by atoms with Crippen LogP contribution in [0.4, 0.5) is 11.6 Å². The van der Waals surface area contributed by atoms with Gasteiger partial charge in [0.2, 0.25) is 5.95 Å². The van der Waals surface area contributed by atoms with Gasteiger partial charge in [-0.05, 0) is 88.1 Å². The van der Waals surface area contributed by atoms with Crippen molar-refractivity contribution in [2.75, 3.05) is 25.5 Å². The molecule has 2 aromatic heterocycles. The number of primary amides is 1. The number of rotatable bonds is 7. The number of hydrogen-bond acceptors (Lipinski definition) is 8. The summed E-state index contributed by atoms with van der Waals surface area (Å²) in [6, 6.07) is 15.5. The molecule has 0 radical (unpaired) electrons. The molecule has 4 aromatic rings. The highest BCUT2D eigenvalue weighted by Crippen LogP contribution is 2.39. The molecule has 9 heteroatoms. The number of ether oxygens (including phenoxy) is 1. The molecular formula is C29H30N6O2S. The van der Waals surface area contributed by atoms with Crippen molar-refractivity contribution in [2.45, 2.75) is 38.7 Å². The van der Waals surface area contributed by atoms with Gasteiger partial charge in [-0.1, -0.05) is 18.2 Å². The van der Waals surface area contributed by atoms with Crippen LogP contribution in [-0.2, 0) is 0 Å². The van der Waals surface area contributed by atoms with Gasteiger partial charge in [0.05, 0.1) is 39.8 Å². The molecule has 1 saturated heterocycles. The number of benzene rings is 2. The number of fused-ring (bicyclic) bond motifs is 1. The maximum Gasteiger partial charge on any atom is 0.259 e. The zero-order valence-corrected chi connectivity index (χ0v) is 22.5. The summed E-state index contributed by atoms with van der Waals surface area (Å²) in [5.74, 6) is 1.10. The summed E-state index contributed by atoms with van der Waals surface area (Å²) in [6.07, 6.45) is 3.94. The topological polar surface area (TPSA) is 117 Å². The van der Waals surface area contributed by atoms with Crippen LogP contribution in [0.1, 0.15) is 53.4 Å². The minimum Gasteiger partial charge on any atom is -0.489 e. The second kappa shape index (κ2) is 10.8. The highest BCUT2D eigenvalue weighted by Gasteiger charge is 2.22. The Balaban J connectivity index is 1.53. The fourth-order valence-corrected chi connectivity index (χ4v) is 5.84. The van der Waals surface area contributed by atoms with E-state index in [0.29, 0.717) is 39.0 Å². The number of aromatic nitrogens is 2. The predicted molar refractivity (Wildman–Crippen MR) is 151 cm³/mol. The number of carbonyl (C=O) groups is 1. The third-order valence-electron chi connectivity index (χ3n) is 6.74. The smallest absolute Gasteiger partial charge is 0.259 e. The Hall–Kier alpha value is -4.00. The van der Waals surface area contributed by atoms with Gasteiger partial charge in [-0.2, -0.15) is 5.26 Å². The van der Waals surface area contributed by atoms with Crippen LogP contribution in [0.3, 0.4) is 0 Å². The molecule has 0 unspecified atom stereocenters. The number of anilines is 2. The average Bonchev–Trinajstić information content (AvgIpc) is 3.29. The summed E-state index contributed by atoms with van der Waals surface area (Å²) in [7, 11) is 2.17. The van der Waals surface area contributed by atoms with Crippen molar-refractivity contribution >= 4 is 39.1 Å². The molecule has 1 fully saturated rings. The first-order chi connectivity index (χ1) is 18.3. The molecule has 3 N–H and O–H groups in total. The summed E-state index contributed by atoms with van der Waals surface area (Å²) in [5.41, 5.74) is 10.2. The number of nitriles is 1. The number of hydrogen-bond donors (Lipinski definition) is 2. The van der Waals surface area contributed by atoms with Crippen LogP contribution in [-0.4, -0.2) is 47.0 Å². The van der Waals surface area contributed by atoms with E-state index in [4.69, 9.17) is 15.5 Å². The predicted octanol–water partition coefficient (Wildman–Crippen LogP) is 5.67. The fourth-order valence-electron chi connectivity index (χ4n) is 4.85. The summed E-state index contributed by atoms with van der Waals surface area (Å²) in [5, 5.41) is 12.7. The minimum absolute atomic E-state index is 0.000648. The molecule has 8 nitrogen and oxygen atoms in total. The van der Waals surface area contributed by atoms with Gasteiger partial charge in [-0.25, -0.2) is 9.97 Å². The number of nitrogens with zero attached hydrogens (tertiary/aromatic N) is 4. The van der Waals surface area contributed by atoms with Gasteiger partial charge in [0.25, 0.3) is 5.91 Å². The van der Waals surface area contributed by atoms with Crippen molar-refractivity contribution < 1.29 is 9.53 Å². The maximum atomic E-state index is 12.3. The molecule has 0 atom stereocenters. The second-order valence-electron chi connectivity index (χ2n) is 9.89. The lowest BCUT2D eigenvalue weighted by Crippen LogP contribution is -2.29. The van der Waals surface area contributed by atoms with Gasteiger partial charge in [-0.15, -0.1) is 11.3 Å². The van der Waals surface area contributed by atoms with Gasteiger partial charge in [0, 0.05) is 5.56 Å². The van der Waals surface area contributed by atoms with Crippen LogP contribution in [0.25, 0.3) is 21.3 Å². The van der Waals surface area contributed by atoms with E-state index in [9.17, 15) is 10.1 Å². The first-order valence-electron chi connectivity index (χ1n) is 12.7. The largest absolute Gasteiger partial charge is 0.489 e. The molecule has 1 aliphatic rings. The fraction of sp³-hybridized carbons (Fsp3) is 0.310. The lowest BCUT2D eigenvalue weighted by atomic mass is 9.89. The molecule has 1 aliphatic heterocycles. The van der Waals surface area contributed by atoms with E-state index >= 15 is 0 Å². The Kier molecular flexibility index (Phi) is 7.27. The Morgan fingerprint density at radius 3 is 2.74 bits per heavy atom. The van der Waals surface area contributed by atoms with E-state index in [1.165, 1.54) is 16.9 Å². The van der Waals surface area contributed by atoms with Crippen LogP contribution in [0, 0.1) is 11.3 Å². The molecule has 3 heterocycles. The second-order valence-corrected chi connectivity index (χ2v) is 10.9. The zero-order valence-electron chi connectivity index (χ0n) is 21.7. The first kappa shape index (κ1) is 25.6. The number of carbonyl (C=O) groups excluding carboxylic acids is 1. The molecule has 0 aliphatic carbocycles. The quantitative estimate of drug-likeness (QED) is 0.319. The number of piperidine rings is 1. The standard InChI is InChI=1S/C29H30N6O2S/c1-17(2)37-23-14-20(19-9-11-35(3)12-10-19)7-8-22(23)33-29-32-16-24-26(34-29)25(27(38-24)28(31)36)21-6-4-5-18(13-21)15-30/h4-8,13-14,16-17,19H,9-12H2,1-3H3,(H2,31,36)(H,32,33,34). The van der Waals surface area contributed by atoms with E-state index in [2.05, 4.69) is 40.5 Å². The number of nitrogens with one attached hydrogen (secondary N) is 1. The van der Waals surface area contributed by atoms with Crippen LogP contribution in [0.15, 0.2) is 48.7 Å². The third kappa shape index (κ3) is 5.32. The van der Waals surface area contributed by atoms with Crippen molar-refractivity contribution in [3.05, 3.63) is 64.7 Å². The highest BCUT2D eigenvalue weighted by molar-refractivity contribution is 7.21. The molecule has 2 aromatic carbocycles. The zero-order chi connectivity index (χ0) is 26.8. The lowest BCUT2D eigenvalue weighted by Gasteiger charge is -2.29. The van der Waals surface area contributed by atoms with E-state index < -0.39 is 5.91 Å². The Morgan fingerprint density at radius 1 is 1.24 bits per heavy atom. The number of thiophene rings is 1. The highest BCUT2D eigenvalue weighted by atomic mass is 32.1. The van der Waals surface area contributed by atoms with Gasteiger partial charge in [0.15, 0.2) is 0 Å². The summed E-state index contributed by atoms with van der Waals surface area (Å²) >= 11 is 1.25. The minimum atomic E-state index is -0.544. The van der Waals surface area contributed by atoms with Crippen molar-refractivity contribution in [1.82, 2.24) is 14.9 Å². The molecule has 1 amide bonds. The van der Waals surface area contributed by atoms with Gasteiger partial charge in [0.1, 0.15) is 10.6 Å². The lowest BCUT2D eigenvalue weighted by molar-refractivity contribution is 0.100. The van der Waals surface area contributed by atoms with Crippen LogP contribution in [0.2, 0.25) is 0 Å². The maximum absolute atomic E-state index is 12.3. The summed E-state index contributed by atoms with van der Waals surface area (Å²) < 4.78 is 6.93. The van der Waals surface area contributed by atoms with E-state index in [1.54, 1.807) is 24.4 Å². The molecule has 5 rings (SSSR count). The average molecular weight is 527 g/mol. The Labute approximate surface area is 226 Å². The monoisotopic (exact) mass is 526 g/mol. The van der Waals surface area contributed by atoms with Crippen LogP contribution in [0.5, 0.6) is 5.75 Å². The number of likely N-dealkylation sites (tertiary alicyclic amines) is 1. The summed E-state index contributed by atoms with van der Waals surface area (Å²) in [6.45, 7) is 6.19. The van der Waals surface area contributed by atoms with Crippen LogP contribution < -0.4 is 15.8 Å². The molecule has 38 heavy (non-hydrogen) atoms. The third-order valence-corrected chi connectivity index (χ3v) is 7.87. The van der Waals surface area contributed by atoms with E-state index in [-0.39, 0.29) is 6.10 Å². The number of amides is 1.